The van der Waals surface area contributed by atoms with Crippen molar-refractivity contribution in [3.05, 3.63) is 83.2 Å². The molecule has 2 heterocycles. The minimum Gasteiger partial charge on any atom is -0.497 e. The van der Waals surface area contributed by atoms with E-state index in [0.29, 0.717) is 29.6 Å². The standard InChI is InChI=1S/C21H18N4O2S/c1-27-17-10-5-9-16(13-17)20(26)25-21(22-14-15-7-3-2-4-8-15)23-19(24-25)18-11-6-12-28-18/h2-13H,14H2,1H3,(H,22,23,24). The first-order chi connectivity index (χ1) is 13.7. The molecule has 0 radical (unpaired) electrons. The minimum atomic E-state index is -0.273. The summed E-state index contributed by atoms with van der Waals surface area (Å²) in [5, 5.41) is 9.65. The number of hydrogen-bond acceptors (Lipinski definition) is 6. The number of nitrogens with zero attached hydrogens (tertiary/aromatic N) is 3. The fourth-order valence-corrected chi connectivity index (χ4v) is 3.39. The number of nitrogens with one attached hydrogen (secondary N) is 1. The van der Waals surface area contributed by atoms with E-state index in [1.165, 1.54) is 16.0 Å². The molecule has 28 heavy (non-hydrogen) atoms. The van der Waals surface area contributed by atoms with Gasteiger partial charge in [0.05, 0.1) is 12.0 Å². The molecule has 6 nitrogen and oxygen atoms in total. The number of thiophene rings is 1. The van der Waals surface area contributed by atoms with Gasteiger partial charge in [0.1, 0.15) is 5.75 Å². The number of ether oxygens (including phenoxy) is 1. The van der Waals surface area contributed by atoms with Crippen molar-refractivity contribution in [2.75, 3.05) is 12.4 Å². The SMILES string of the molecule is COc1cccc(C(=O)n2nc(-c3cccs3)nc2NCc2ccccc2)c1. The van der Waals surface area contributed by atoms with Gasteiger partial charge < -0.3 is 10.1 Å². The van der Waals surface area contributed by atoms with Crippen molar-refractivity contribution in [2.24, 2.45) is 0 Å². The normalized spacial score (nSPS) is 10.6. The van der Waals surface area contributed by atoms with E-state index in [2.05, 4.69) is 15.4 Å². The van der Waals surface area contributed by atoms with E-state index in [9.17, 15) is 4.79 Å². The second-order valence-corrected chi connectivity index (χ2v) is 6.97. The zero-order valence-electron chi connectivity index (χ0n) is 15.2. The molecule has 0 aliphatic rings. The van der Waals surface area contributed by atoms with Crippen LogP contribution in [0.2, 0.25) is 0 Å². The van der Waals surface area contributed by atoms with Crippen LogP contribution in [0.15, 0.2) is 72.1 Å². The summed E-state index contributed by atoms with van der Waals surface area (Å²) in [7, 11) is 1.57. The summed E-state index contributed by atoms with van der Waals surface area (Å²) < 4.78 is 6.54. The fourth-order valence-electron chi connectivity index (χ4n) is 2.73. The van der Waals surface area contributed by atoms with Crippen molar-refractivity contribution in [2.45, 2.75) is 6.54 Å². The molecule has 0 amide bonds. The van der Waals surface area contributed by atoms with Crippen LogP contribution >= 0.6 is 11.3 Å². The van der Waals surface area contributed by atoms with Gasteiger partial charge >= 0.3 is 0 Å². The van der Waals surface area contributed by atoms with Gasteiger partial charge in [0, 0.05) is 12.1 Å². The van der Waals surface area contributed by atoms with Crippen molar-refractivity contribution in [3.8, 4) is 16.5 Å². The molecule has 0 saturated heterocycles. The average Bonchev–Trinajstić information content (AvgIpc) is 3.42. The van der Waals surface area contributed by atoms with Gasteiger partial charge in [-0.2, -0.15) is 9.67 Å². The molecule has 7 heteroatoms. The number of aromatic nitrogens is 3. The summed E-state index contributed by atoms with van der Waals surface area (Å²) in [6.07, 6.45) is 0. The van der Waals surface area contributed by atoms with E-state index < -0.39 is 0 Å². The molecule has 0 saturated carbocycles. The number of methoxy groups -OCH3 is 1. The van der Waals surface area contributed by atoms with Crippen LogP contribution in [0.25, 0.3) is 10.7 Å². The number of carbonyl (C=O) groups excluding carboxylic acids is 1. The fraction of sp³-hybridized carbons (Fsp3) is 0.0952. The van der Waals surface area contributed by atoms with E-state index in [4.69, 9.17) is 4.74 Å². The maximum Gasteiger partial charge on any atom is 0.281 e. The molecule has 2 aromatic heterocycles. The number of carbonyl (C=O) groups is 1. The minimum absolute atomic E-state index is 0.273. The molecule has 0 aliphatic heterocycles. The second kappa shape index (κ2) is 8.06. The first-order valence-corrected chi connectivity index (χ1v) is 9.60. The molecule has 4 aromatic rings. The lowest BCUT2D eigenvalue weighted by atomic mass is 10.2. The van der Waals surface area contributed by atoms with Gasteiger partial charge in [0.15, 0.2) is 5.82 Å². The average molecular weight is 390 g/mol. The first kappa shape index (κ1) is 17.9. The second-order valence-electron chi connectivity index (χ2n) is 6.02. The Morgan fingerprint density at radius 2 is 1.96 bits per heavy atom. The van der Waals surface area contributed by atoms with E-state index >= 15 is 0 Å². The Balaban J connectivity index is 1.68. The molecule has 0 bridgehead atoms. The molecular formula is C21H18N4O2S. The molecule has 140 valence electrons. The third kappa shape index (κ3) is 3.79. The Morgan fingerprint density at radius 3 is 2.71 bits per heavy atom. The first-order valence-electron chi connectivity index (χ1n) is 8.72. The van der Waals surface area contributed by atoms with Crippen LogP contribution in [-0.2, 0) is 6.54 Å². The topological polar surface area (TPSA) is 69.0 Å². The maximum absolute atomic E-state index is 13.1. The molecule has 1 N–H and O–H groups in total. The molecular weight excluding hydrogens is 372 g/mol. The van der Waals surface area contributed by atoms with E-state index in [0.717, 1.165) is 10.4 Å². The Kier molecular flexibility index (Phi) is 5.16. The van der Waals surface area contributed by atoms with Crippen molar-refractivity contribution in [3.63, 3.8) is 0 Å². The zero-order valence-corrected chi connectivity index (χ0v) is 16.0. The van der Waals surface area contributed by atoms with Crippen molar-refractivity contribution >= 4 is 23.2 Å². The highest BCUT2D eigenvalue weighted by Gasteiger charge is 2.19. The summed E-state index contributed by atoms with van der Waals surface area (Å²) in [4.78, 5) is 18.6. The zero-order chi connectivity index (χ0) is 19.3. The summed E-state index contributed by atoms with van der Waals surface area (Å²) in [5.41, 5.74) is 1.56. The predicted molar refractivity (Wildman–Crippen MR) is 110 cm³/mol. The van der Waals surface area contributed by atoms with Crippen LogP contribution in [-0.4, -0.2) is 27.8 Å². The number of hydrogen-bond donors (Lipinski definition) is 1. The van der Waals surface area contributed by atoms with Crippen LogP contribution in [0, 0.1) is 0 Å². The molecule has 0 spiro atoms. The van der Waals surface area contributed by atoms with Gasteiger partial charge in [-0.1, -0.05) is 42.5 Å². The third-order valence-corrected chi connectivity index (χ3v) is 5.02. The van der Waals surface area contributed by atoms with Gasteiger partial charge in [-0.3, -0.25) is 4.79 Å². The highest BCUT2D eigenvalue weighted by Crippen LogP contribution is 2.24. The lowest BCUT2D eigenvalue weighted by Crippen LogP contribution is -2.17. The number of rotatable bonds is 6. The Hall–Kier alpha value is -3.45. The van der Waals surface area contributed by atoms with E-state index in [1.54, 1.807) is 31.4 Å². The monoisotopic (exact) mass is 390 g/mol. The van der Waals surface area contributed by atoms with Crippen molar-refractivity contribution in [1.82, 2.24) is 14.8 Å². The molecule has 0 atom stereocenters. The maximum atomic E-state index is 13.1. The molecule has 2 aromatic carbocycles. The highest BCUT2D eigenvalue weighted by molar-refractivity contribution is 7.13. The highest BCUT2D eigenvalue weighted by atomic mass is 32.1. The Bertz CT molecular complexity index is 1080. The van der Waals surface area contributed by atoms with Gasteiger partial charge in [0.25, 0.3) is 5.91 Å². The molecule has 0 unspecified atom stereocenters. The van der Waals surface area contributed by atoms with Crippen LogP contribution in [0.1, 0.15) is 15.9 Å². The number of benzene rings is 2. The lowest BCUT2D eigenvalue weighted by molar-refractivity contribution is 0.0947. The summed E-state index contributed by atoms with van der Waals surface area (Å²) in [5.74, 6) is 1.26. The summed E-state index contributed by atoms with van der Waals surface area (Å²) in [6, 6.07) is 20.8. The van der Waals surface area contributed by atoms with Gasteiger partial charge in [-0.05, 0) is 35.2 Å². The van der Waals surface area contributed by atoms with Crippen LogP contribution < -0.4 is 10.1 Å². The summed E-state index contributed by atoms with van der Waals surface area (Å²) in [6.45, 7) is 0.537. The van der Waals surface area contributed by atoms with Gasteiger partial charge in [0.2, 0.25) is 5.95 Å². The van der Waals surface area contributed by atoms with Crippen LogP contribution in [0.4, 0.5) is 5.95 Å². The number of anilines is 1. The van der Waals surface area contributed by atoms with Gasteiger partial charge in [-0.15, -0.1) is 16.4 Å². The van der Waals surface area contributed by atoms with Crippen molar-refractivity contribution < 1.29 is 9.53 Å². The lowest BCUT2D eigenvalue weighted by Gasteiger charge is -2.08. The Labute approximate surface area is 166 Å². The van der Waals surface area contributed by atoms with E-state index in [1.807, 2.05) is 47.8 Å². The van der Waals surface area contributed by atoms with E-state index in [-0.39, 0.29) is 5.91 Å². The summed E-state index contributed by atoms with van der Waals surface area (Å²) >= 11 is 1.53. The third-order valence-electron chi connectivity index (χ3n) is 4.15. The molecule has 0 fully saturated rings. The largest absolute Gasteiger partial charge is 0.497 e. The van der Waals surface area contributed by atoms with Gasteiger partial charge in [-0.25, -0.2) is 0 Å². The Morgan fingerprint density at radius 1 is 1.11 bits per heavy atom. The predicted octanol–water partition coefficient (Wildman–Crippen LogP) is 4.32. The van der Waals surface area contributed by atoms with Crippen LogP contribution in [0.5, 0.6) is 5.75 Å². The molecule has 0 aliphatic carbocycles. The van der Waals surface area contributed by atoms with Crippen molar-refractivity contribution in [1.29, 1.82) is 0 Å². The molecule has 4 rings (SSSR count). The van der Waals surface area contributed by atoms with Crippen LogP contribution in [0.3, 0.4) is 0 Å². The smallest absolute Gasteiger partial charge is 0.281 e. The quantitative estimate of drug-likeness (QED) is 0.531.